The summed E-state index contributed by atoms with van der Waals surface area (Å²) in [6, 6.07) is 3.93. The minimum absolute atomic E-state index is 0.107. The lowest BCUT2D eigenvalue weighted by atomic mass is 10.0. The first kappa shape index (κ1) is 11.9. The molecule has 80 valence electrons. The second-order valence-corrected chi connectivity index (χ2v) is 3.18. The van der Waals surface area contributed by atoms with Gasteiger partial charge in [0.05, 0.1) is 11.4 Å². The van der Waals surface area contributed by atoms with Crippen LogP contribution in [0.3, 0.4) is 0 Å². The Bertz CT molecular complexity index is 410. The molecular weight excluding hydrogens is 225 g/mol. The minimum atomic E-state index is -4.33. The van der Waals surface area contributed by atoms with Crippen molar-refractivity contribution in [3.05, 3.63) is 34.9 Å². The highest BCUT2D eigenvalue weighted by Gasteiger charge is 2.32. The van der Waals surface area contributed by atoms with E-state index in [0.29, 0.717) is 5.56 Å². The van der Waals surface area contributed by atoms with E-state index >= 15 is 0 Å². The predicted octanol–water partition coefficient (Wildman–Crippen LogP) is 3.60. The van der Waals surface area contributed by atoms with Crippen LogP contribution in [-0.4, -0.2) is 5.88 Å². The van der Waals surface area contributed by atoms with Crippen molar-refractivity contribution in [1.82, 2.24) is 0 Å². The summed E-state index contributed by atoms with van der Waals surface area (Å²) in [5, 5.41) is 0. The lowest BCUT2D eigenvalue weighted by Gasteiger charge is -2.10. The van der Waals surface area contributed by atoms with Gasteiger partial charge in [-0.3, -0.25) is 0 Å². The molecule has 0 spiro atoms. The third-order valence-corrected chi connectivity index (χ3v) is 2.06. The Balaban J connectivity index is 3.23. The van der Waals surface area contributed by atoms with Crippen molar-refractivity contribution in [2.45, 2.75) is 13.1 Å². The summed E-state index contributed by atoms with van der Waals surface area (Å²) >= 11 is 5.34. The highest BCUT2D eigenvalue weighted by atomic mass is 35.5. The van der Waals surface area contributed by atoms with E-state index in [1.54, 1.807) is 6.07 Å². The number of hydrogen-bond donors (Lipinski definition) is 0. The highest BCUT2D eigenvalue weighted by Crippen LogP contribution is 2.32. The molecule has 0 N–H and O–H groups in total. The van der Waals surface area contributed by atoms with Gasteiger partial charge in [0, 0.05) is 5.56 Å². The van der Waals surface area contributed by atoms with E-state index in [9.17, 15) is 13.2 Å². The fourth-order valence-corrected chi connectivity index (χ4v) is 1.27. The van der Waals surface area contributed by atoms with Crippen LogP contribution < -0.4 is 0 Å². The minimum Gasteiger partial charge on any atom is -0.166 e. The van der Waals surface area contributed by atoms with Gasteiger partial charge in [-0.2, -0.15) is 13.2 Å². The fourth-order valence-electron chi connectivity index (χ4n) is 1.21. The van der Waals surface area contributed by atoms with Gasteiger partial charge < -0.3 is 0 Å². The van der Waals surface area contributed by atoms with Gasteiger partial charge in [0.2, 0.25) is 0 Å². The number of hydrogen-bond acceptors (Lipinski definition) is 0. The third-order valence-electron chi connectivity index (χ3n) is 1.93. The van der Waals surface area contributed by atoms with Crippen molar-refractivity contribution < 1.29 is 13.2 Å². The van der Waals surface area contributed by atoms with Crippen LogP contribution in [-0.2, 0) is 6.18 Å². The molecule has 4 heteroatoms. The van der Waals surface area contributed by atoms with Crippen LogP contribution in [0.15, 0.2) is 18.2 Å². The van der Waals surface area contributed by atoms with Gasteiger partial charge in [0.15, 0.2) is 0 Å². The SMILES string of the molecule is Cc1c(C#CCCl)cccc1C(F)(F)F. The number of alkyl halides is 4. The van der Waals surface area contributed by atoms with E-state index in [-0.39, 0.29) is 11.4 Å². The van der Waals surface area contributed by atoms with E-state index in [0.717, 1.165) is 6.07 Å². The molecule has 0 aliphatic heterocycles. The zero-order valence-corrected chi connectivity index (χ0v) is 8.71. The zero-order valence-electron chi connectivity index (χ0n) is 7.95. The molecule has 1 rings (SSSR count). The number of rotatable bonds is 0. The van der Waals surface area contributed by atoms with E-state index in [4.69, 9.17) is 11.6 Å². The summed E-state index contributed by atoms with van der Waals surface area (Å²) < 4.78 is 37.4. The maximum absolute atomic E-state index is 12.5. The molecule has 0 fully saturated rings. The normalized spacial score (nSPS) is 10.7. The van der Waals surface area contributed by atoms with Crippen molar-refractivity contribution >= 4 is 11.6 Å². The summed E-state index contributed by atoms with van der Waals surface area (Å²) in [6.45, 7) is 1.40. The molecule has 1 aromatic carbocycles. The highest BCUT2D eigenvalue weighted by molar-refractivity contribution is 6.19. The molecule has 0 aromatic heterocycles. The monoisotopic (exact) mass is 232 g/mol. The van der Waals surface area contributed by atoms with Gasteiger partial charge in [0.1, 0.15) is 0 Å². The Morgan fingerprint density at radius 3 is 2.53 bits per heavy atom. The fraction of sp³-hybridized carbons (Fsp3) is 0.273. The van der Waals surface area contributed by atoms with Crippen LogP contribution in [0.1, 0.15) is 16.7 Å². The van der Waals surface area contributed by atoms with Crippen molar-refractivity contribution in [1.29, 1.82) is 0 Å². The first-order chi connectivity index (χ1) is 6.96. The molecular formula is C11H8ClF3. The second kappa shape index (κ2) is 4.59. The second-order valence-electron chi connectivity index (χ2n) is 2.91. The average molecular weight is 233 g/mol. The zero-order chi connectivity index (χ0) is 11.5. The van der Waals surface area contributed by atoms with Gasteiger partial charge in [-0.25, -0.2) is 0 Å². The Kier molecular flexibility index (Phi) is 3.65. The van der Waals surface area contributed by atoms with Gasteiger partial charge >= 0.3 is 6.18 Å². The molecule has 0 nitrogen and oxygen atoms in total. The van der Waals surface area contributed by atoms with Gasteiger partial charge in [-0.15, -0.1) is 11.6 Å². The van der Waals surface area contributed by atoms with Crippen LogP contribution in [0.2, 0.25) is 0 Å². The molecule has 15 heavy (non-hydrogen) atoms. The molecule has 0 radical (unpaired) electrons. The summed E-state index contributed by atoms with van der Waals surface area (Å²) in [4.78, 5) is 0. The molecule has 0 atom stereocenters. The molecule has 0 unspecified atom stereocenters. The van der Waals surface area contributed by atoms with E-state index in [1.807, 2.05) is 0 Å². The molecule has 0 amide bonds. The van der Waals surface area contributed by atoms with Crippen LogP contribution >= 0.6 is 11.6 Å². The number of halogens is 4. The first-order valence-electron chi connectivity index (χ1n) is 4.18. The maximum atomic E-state index is 12.5. The predicted molar refractivity (Wildman–Crippen MR) is 53.8 cm³/mol. The van der Waals surface area contributed by atoms with E-state index in [1.165, 1.54) is 13.0 Å². The third kappa shape index (κ3) is 2.90. The average Bonchev–Trinajstić information content (AvgIpc) is 2.14. The molecule has 1 aromatic rings. The van der Waals surface area contributed by atoms with Crippen molar-refractivity contribution in [3.63, 3.8) is 0 Å². The Hall–Kier alpha value is -1.14. The van der Waals surface area contributed by atoms with Crippen molar-refractivity contribution in [2.75, 3.05) is 5.88 Å². The Labute approximate surface area is 91.1 Å². The Morgan fingerprint density at radius 2 is 2.00 bits per heavy atom. The molecule has 0 saturated carbocycles. The maximum Gasteiger partial charge on any atom is 0.416 e. The van der Waals surface area contributed by atoms with E-state index in [2.05, 4.69) is 11.8 Å². The molecule has 0 heterocycles. The lowest BCUT2D eigenvalue weighted by molar-refractivity contribution is -0.138. The summed E-state index contributed by atoms with van der Waals surface area (Å²) in [7, 11) is 0. The largest absolute Gasteiger partial charge is 0.416 e. The van der Waals surface area contributed by atoms with Crippen molar-refractivity contribution in [3.8, 4) is 11.8 Å². The van der Waals surface area contributed by atoms with Crippen LogP contribution in [0.4, 0.5) is 13.2 Å². The molecule has 0 aliphatic rings. The Morgan fingerprint density at radius 1 is 1.33 bits per heavy atom. The smallest absolute Gasteiger partial charge is 0.166 e. The molecule has 0 bridgehead atoms. The van der Waals surface area contributed by atoms with Crippen LogP contribution in [0.25, 0.3) is 0 Å². The summed E-state index contributed by atoms with van der Waals surface area (Å²) in [6.07, 6.45) is -4.33. The van der Waals surface area contributed by atoms with Gasteiger partial charge in [-0.05, 0) is 24.6 Å². The van der Waals surface area contributed by atoms with Gasteiger partial charge in [0.25, 0.3) is 0 Å². The number of benzene rings is 1. The van der Waals surface area contributed by atoms with E-state index < -0.39 is 11.7 Å². The summed E-state index contributed by atoms with van der Waals surface area (Å²) in [5.74, 6) is 5.23. The lowest BCUT2D eigenvalue weighted by Crippen LogP contribution is -2.08. The van der Waals surface area contributed by atoms with Crippen LogP contribution in [0.5, 0.6) is 0 Å². The van der Waals surface area contributed by atoms with Crippen molar-refractivity contribution in [2.24, 2.45) is 0 Å². The van der Waals surface area contributed by atoms with Crippen LogP contribution in [0, 0.1) is 18.8 Å². The van der Waals surface area contributed by atoms with Gasteiger partial charge in [-0.1, -0.05) is 17.9 Å². The molecule has 0 saturated heterocycles. The topological polar surface area (TPSA) is 0 Å². The quantitative estimate of drug-likeness (QED) is 0.474. The molecule has 0 aliphatic carbocycles. The first-order valence-corrected chi connectivity index (χ1v) is 4.72. The standard InChI is InChI=1S/C11H8ClF3/c1-8-9(5-3-7-12)4-2-6-10(8)11(13,14)15/h2,4,6H,7H2,1H3. The summed E-state index contributed by atoms with van der Waals surface area (Å²) in [5.41, 5.74) is -0.142.